The molecule has 0 amide bonds. The molecule has 1 aromatic heterocycles. The van der Waals surface area contributed by atoms with E-state index < -0.39 is 23.0 Å². The summed E-state index contributed by atoms with van der Waals surface area (Å²) >= 11 is 6.35. The third-order valence-electron chi connectivity index (χ3n) is 3.66. The Balaban J connectivity index is 1.95. The van der Waals surface area contributed by atoms with Crippen LogP contribution < -0.4 is 0 Å². The van der Waals surface area contributed by atoms with Gasteiger partial charge in [-0.25, -0.2) is 13.5 Å². The Labute approximate surface area is 148 Å². The molecule has 25 heavy (non-hydrogen) atoms. The Bertz CT molecular complexity index is 945. The zero-order chi connectivity index (χ0) is 18.0. The zero-order valence-corrected chi connectivity index (χ0v) is 14.0. The van der Waals surface area contributed by atoms with Gasteiger partial charge in [0.15, 0.2) is 5.78 Å². The first-order valence-electron chi connectivity index (χ1n) is 7.46. The van der Waals surface area contributed by atoms with E-state index in [4.69, 9.17) is 11.6 Å². The summed E-state index contributed by atoms with van der Waals surface area (Å²) in [6.45, 7) is 1.74. The van der Waals surface area contributed by atoms with Crippen LogP contribution in [0.2, 0.25) is 5.15 Å². The molecule has 1 heterocycles. The molecule has 0 fully saturated rings. The standard InChI is InChI=1S/C19H13ClF2N2O/c1-12-14(19(20)24(23-12)13-6-3-2-4-7-13)10-11-17(25)18-15(21)8-5-9-16(18)22/h2-11H,1H3/b11-10+. The Morgan fingerprint density at radius 2 is 1.72 bits per heavy atom. The van der Waals surface area contributed by atoms with Crippen molar-refractivity contribution < 1.29 is 13.6 Å². The summed E-state index contributed by atoms with van der Waals surface area (Å²) in [7, 11) is 0. The van der Waals surface area contributed by atoms with Crippen LogP contribution in [0.3, 0.4) is 0 Å². The number of rotatable bonds is 4. The lowest BCUT2D eigenvalue weighted by molar-refractivity contribution is 0.104. The average molecular weight is 359 g/mol. The van der Waals surface area contributed by atoms with Gasteiger partial charge in [0, 0.05) is 5.56 Å². The van der Waals surface area contributed by atoms with Crippen LogP contribution in [0.4, 0.5) is 8.78 Å². The van der Waals surface area contributed by atoms with Crippen molar-refractivity contribution in [3.63, 3.8) is 0 Å². The SMILES string of the molecule is Cc1nn(-c2ccccc2)c(Cl)c1/C=C/C(=O)c1c(F)cccc1F. The number of aryl methyl sites for hydroxylation is 1. The quantitative estimate of drug-likeness (QED) is 0.485. The summed E-state index contributed by atoms with van der Waals surface area (Å²) in [6, 6.07) is 12.5. The molecular formula is C19H13ClF2N2O. The van der Waals surface area contributed by atoms with E-state index in [1.807, 2.05) is 30.3 Å². The molecule has 0 aliphatic carbocycles. The minimum absolute atomic E-state index is 0.307. The van der Waals surface area contributed by atoms with Crippen molar-refractivity contribution in [3.05, 3.63) is 88.2 Å². The number of halogens is 3. The second-order valence-corrected chi connectivity index (χ2v) is 5.69. The minimum Gasteiger partial charge on any atom is -0.289 e. The van der Waals surface area contributed by atoms with Gasteiger partial charge in [0.1, 0.15) is 16.8 Å². The van der Waals surface area contributed by atoms with Gasteiger partial charge in [-0.15, -0.1) is 0 Å². The number of aromatic nitrogens is 2. The second kappa shape index (κ2) is 6.99. The third kappa shape index (κ3) is 3.37. The predicted octanol–water partition coefficient (Wildman–Crippen LogP) is 5.01. The van der Waals surface area contributed by atoms with Crippen LogP contribution in [0.15, 0.2) is 54.6 Å². The highest BCUT2D eigenvalue weighted by Crippen LogP contribution is 2.25. The molecule has 0 N–H and O–H groups in total. The number of carbonyl (C=O) groups excluding carboxylic acids is 1. The van der Waals surface area contributed by atoms with Gasteiger partial charge in [-0.3, -0.25) is 4.79 Å². The predicted molar refractivity (Wildman–Crippen MR) is 93.0 cm³/mol. The van der Waals surface area contributed by atoms with Crippen LogP contribution in [0, 0.1) is 18.6 Å². The number of hydrogen-bond donors (Lipinski definition) is 0. The molecule has 3 rings (SSSR count). The van der Waals surface area contributed by atoms with Gasteiger partial charge in [-0.1, -0.05) is 35.9 Å². The van der Waals surface area contributed by atoms with Gasteiger partial charge in [0.05, 0.1) is 16.9 Å². The lowest BCUT2D eigenvalue weighted by atomic mass is 10.1. The lowest BCUT2D eigenvalue weighted by Crippen LogP contribution is -2.02. The number of para-hydroxylation sites is 1. The largest absolute Gasteiger partial charge is 0.289 e. The third-order valence-corrected chi connectivity index (χ3v) is 4.02. The maximum Gasteiger partial charge on any atom is 0.191 e. The highest BCUT2D eigenvalue weighted by atomic mass is 35.5. The summed E-state index contributed by atoms with van der Waals surface area (Å²) in [5.74, 6) is -2.59. The van der Waals surface area contributed by atoms with Gasteiger partial charge in [0.2, 0.25) is 0 Å². The first-order chi connectivity index (χ1) is 12.0. The maximum absolute atomic E-state index is 13.7. The van der Waals surface area contributed by atoms with Crippen molar-refractivity contribution in [2.75, 3.05) is 0 Å². The van der Waals surface area contributed by atoms with Crippen molar-refractivity contribution in [1.82, 2.24) is 9.78 Å². The van der Waals surface area contributed by atoms with Crippen molar-refractivity contribution in [1.29, 1.82) is 0 Å². The van der Waals surface area contributed by atoms with E-state index in [-0.39, 0.29) is 0 Å². The van der Waals surface area contributed by atoms with Gasteiger partial charge < -0.3 is 0 Å². The monoisotopic (exact) mass is 358 g/mol. The topological polar surface area (TPSA) is 34.9 Å². The first kappa shape index (κ1) is 17.0. The van der Waals surface area contributed by atoms with E-state index in [1.54, 1.807) is 6.92 Å². The van der Waals surface area contributed by atoms with Crippen LogP contribution in [0.5, 0.6) is 0 Å². The van der Waals surface area contributed by atoms with Crippen molar-refractivity contribution >= 4 is 23.5 Å². The van der Waals surface area contributed by atoms with Crippen LogP contribution in [0.1, 0.15) is 21.6 Å². The summed E-state index contributed by atoms with van der Waals surface area (Å²) in [6.07, 6.45) is 2.50. The molecule has 6 heteroatoms. The molecule has 0 radical (unpaired) electrons. The van der Waals surface area contributed by atoms with Crippen LogP contribution in [-0.2, 0) is 0 Å². The number of nitrogens with zero attached hydrogens (tertiary/aromatic N) is 2. The molecule has 0 aliphatic heterocycles. The van der Waals surface area contributed by atoms with E-state index in [0.29, 0.717) is 16.4 Å². The zero-order valence-electron chi connectivity index (χ0n) is 13.2. The summed E-state index contributed by atoms with van der Waals surface area (Å²) in [4.78, 5) is 12.1. The number of carbonyl (C=O) groups is 1. The first-order valence-corrected chi connectivity index (χ1v) is 7.84. The van der Waals surface area contributed by atoms with Crippen molar-refractivity contribution in [2.45, 2.75) is 6.92 Å². The fourth-order valence-electron chi connectivity index (χ4n) is 2.42. The smallest absolute Gasteiger partial charge is 0.191 e. The second-order valence-electron chi connectivity index (χ2n) is 5.33. The number of hydrogen-bond acceptors (Lipinski definition) is 2. The van der Waals surface area contributed by atoms with Crippen molar-refractivity contribution in [2.24, 2.45) is 0 Å². The van der Waals surface area contributed by atoms with Gasteiger partial charge in [0.25, 0.3) is 0 Å². The van der Waals surface area contributed by atoms with Crippen LogP contribution in [0.25, 0.3) is 11.8 Å². The molecule has 3 nitrogen and oxygen atoms in total. The number of allylic oxidation sites excluding steroid dienone is 1. The van der Waals surface area contributed by atoms with Crippen LogP contribution >= 0.6 is 11.6 Å². The Morgan fingerprint density at radius 3 is 2.36 bits per heavy atom. The maximum atomic E-state index is 13.7. The Kier molecular flexibility index (Phi) is 4.76. The molecule has 0 spiro atoms. The molecule has 0 saturated carbocycles. The fourth-order valence-corrected chi connectivity index (χ4v) is 2.75. The molecule has 126 valence electrons. The lowest BCUT2D eigenvalue weighted by Gasteiger charge is -2.02. The van der Waals surface area contributed by atoms with Crippen molar-refractivity contribution in [3.8, 4) is 5.69 Å². The van der Waals surface area contributed by atoms with E-state index >= 15 is 0 Å². The summed E-state index contributed by atoms with van der Waals surface area (Å²) in [5, 5.41) is 4.65. The number of benzene rings is 2. The molecule has 0 unspecified atom stereocenters. The molecule has 0 saturated heterocycles. The minimum atomic E-state index is -0.905. The normalized spacial score (nSPS) is 11.2. The Morgan fingerprint density at radius 1 is 1.08 bits per heavy atom. The molecule has 0 aliphatic rings. The Hall–Kier alpha value is -2.79. The van der Waals surface area contributed by atoms with E-state index in [9.17, 15) is 13.6 Å². The van der Waals surface area contributed by atoms with E-state index in [2.05, 4.69) is 5.10 Å². The summed E-state index contributed by atoms with van der Waals surface area (Å²) in [5.41, 5.74) is 1.27. The van der Waals surface area contributed by atoms with Gasteiger partial charge in [-0.2, -0.15) is 5.10 Å². The van der Waals surface area contributed by atoms with Gasteiger partial charge >= 0.3 is 0 Å². The van der Waals surface area contributed by atoms with E-state index in [1.165, 1.54) is 16.8 Å². The van der Waals surface area contributed by atoms with E-state index in [0.717, 1.165) is 23.9 Å². The highest BCUT2D eigenvalue weighted by molar-refractivity contribution is 6.31. The molecule has 2 aromatic carbocycles. The van der Waals surface area contributed by atoms with Gasteiger partial charge in [-0.05, 0) is 43.3 Å². The number of ketones is 1. The fraction of sp³-hybridized carbons (Fsp3) is 0.0526. The summed E-state index contributed by atoms with van der Waals surface area (Å²) < 4.78 is 28.9. The molecule has 0 bridgehead atoms. The molecular weight excluding hydrogens is 346 g/mol. The molecule has 0 atom stereocenters. The van der Waals surface area contributed by atoms with Crippen LogP contribution in [-0.4, -0.2) is 15.6 Å². The average Bonchev–Trinajstić information content (AvgIpc) is 2.88. The highest BCUT2D eigenvalue weighted by Gasteiger charge is 2.16. The molecule has 3 aromatic rings.